The van der Waals surface area contributed by atoms with Crippen molar-refractivity contribution >= 4 is 28.9 Å². The van der Waals surface area contributed by atoms with Gasteiger partial charge in [0.15, 0.2) is 0 Å². The van der Waals surface area contributed by atoms with Crippen LogP contribution in [-0.4, -0.2) is 16.3 Å². The summed E-state index contributed by atoms with van der Waals surface area (Å²) in [7, 11) is 0. The summed E-state index contributed by atoms with van der Waals surface area (Å²) in [4.78, 5) is 0. The minimum absolute atomic E-state index is 0.182. The number of rotatable bonds is 3. The molecule has 0 amide bonds. The molecule has 5 heteroatoms. The number of hydrogen-bond acceptors (Lipinski definition) is 2. The normalized spacial score (nSPS) is 20.2. The maximum atomic E-state index is 9.12. The Kier molecular flexibility index (Phi) is 3.44. The molecule has 3 nitrogen and oxygen atoms in total. The molecule has 0 fully saturated rings. The molecular formula is C15H16Cl2N2O. The number of aliphatic hydroxyl groups excluding tert-OH is 1. The van der Waals surface area contributed by atoms with Crippen molar-refractivity contribution in [2.45, 2.75) is 25.3 Å². The molecule has 0 saturated heterocycles. The summed E-state index contributed by atoms with van der Waals surface area (Å²) in [5.74, 6) is 0. The van der Waals surface area contributed by atoms with Crippen LogP contribution in [0, 0.1) is 0 Å². The molecule has 3 rings (SSSR count). The molecule has 106 valence electrons. The SMILES string of the molecule is CC1(CCCO)Nc2cc(Cl)cc(Cl)c2-n2cccc21. The Morgan fingerprint density at radius 2 is 2.15 bits per heavy atom. The van der Waals surface area contributed by atoms with Crippen molar-refractivity contribution in [3.05, 3.63) is 46.2 Å². The highest BCUT2D eigenvalue weighted by Gasteiger charge is 2.35. The van der Waals surface area contributed by atoms with Crippen LogP contribution < -0.4 is 5.32 Å². The van der Waals surface area contributed by atoms with Gasteiger partial charge in [0, 0.05) is 23.5 Å². The topological polar surface area (TPSA) is 37.2 Å². The van der Waals surface area contributed by atoms with Gasteiger partial charge in [0.25, 0.3) is 0 Å². The largest absolute Gasteiger partial charge is 0.396 e. The molecule has 0 bridgehead atoms. The third kappa shape index (κ3) is 2.10. The molecular weight excluding hydrogens is 295 g/mol. The number of fused-ring (bicyclic) bond motifs is 3. The summed E-state index contributed by atoms with van der Waals surface area (Å²) in [5.41, 5.74) is 2.75. The number of aliphatic hydroxyl groups is 1. The van der Waals surface area contributed by atoms with Crippen molar-refractivity contribution in [3.8, 4) is 5.69 Å². The van der Waals surface area contributed by atoms with E-state index >= 15 is 0 Å². The van der Waals surface area contributed by atoms with Gasteiger partial charge >= 0.3 is 0 Å². The van der Waals surface area contributed by atoms with E-state index in [1.54, 1.807) is 6.07 Å². The molecule has 1 unspecified atom stereocenters. The van der Waals surface area contributed by atoms with Crippen LogP contribution in [0.5, 0.6) is 0 Å². The van der Waals surface area contributed by atoms with Crippen molar-refractivity contribution in [1.82, 2.24) is 4.57 Å². The monoisotopic (exact) mass is 310 g/mol. The Morgan fingerprint density at radius 1 is 1.35 bits per heavy atom. The van der Waals surface area contributed by atoms with Crippen LogP contribution in [0.4, 0.5) is 5.69 Å². The van der Waals surface area contributed by atoms with Gasteiger partial charge in [-0.3, -0.25) is 0 Å². The first-order valence-corrected chi connectivity index (χ1v) is 7.37. The van der Waals surface area contributed by atoms with Gasteiger partial charge in [-0.15, -0.1) is 0 Å². The fraction of sp³-hybridized carbons (Fsp3) is 0.333. The molecule has 1 aliphatic rings. The first-order chi connectivity index (χ1) is 9.55. The smallest absolute Gasteiger partial charge is 0.0876 e. The van der Waals surface area contributed by atoms with E-state index in [9.17, 15) is 0 Å². The van der Waals surface area contributed by atoms with E-state index in [4.69, 9.17) is 28.3 Å². The zero-order chi connectivity index (χ0) is 14.3. The highest BCUT2D eigenvalue weighted by atomic mass is 35.5. The average Bonchev–Trinajstić information content (AvgIpc) is 2.85. The van der Waals surface area contributed by atoms with Gasteiger partial charge < -0.3 is 15.0 Å². The maximum Gasteiger partial charge on any atom is 0.0876 e. The highest BCUT2D eigenvalue weighted by molar-refractivity contribution is 6.36. The quantitative estimate of drug-likeness (QED) is 0.891. The Bertz CT molecular complexity index is 653. The first-order valence-electron chi connectivity index (χ1n) is 6.61. The molecule has 1 aromatic carbocycles. The van der Waals surface area contributed by atoms with E-state index in [2.05, 4.69) is 22.9 Å². The Morgan fingerprint density at radius 3 is 2.90 bits per heavy atom. The zero-order valence-corrected chi connectivity index (χ0v) is 12.7. The number of nitrogens with zero attached hydrogens (tertiary/aromatic N) is 1. The second kappa shape index (κ2) is 4.99. The summed E-state index contributed by atoms with van der Waals surface area (Å²) >= 11 is 12.5. The molecule has 0 spiro atoms. The van der Waals surface area contributed by atoms with Crippen molar-refractivity contribution in [3.63, 3.8) is 0 Å². The molecule has 1 atom stereocenters. The second-order valence-electron chi connectivity index (χ2n) is 5.33. The minimum Gasteiger partial charge on any atom is -0.396 e. The lowest BCUT2D eigenvalue weighted by Crippen LogP contribution is -2.38. The Labute approximate surface area is 128 Å². The molecule has 2 heterocycles. The van der Waals surface area contributed by atoms with Crippen LogP contribution in [0.15, 0.2) is 30.5 Å². The van der Waals surface area contributed by atoms with E-state index in [1.165, 1.54) is 0 Å². The van der Waals surface area contributed by atoms with Gasteiger partial charge in [-0.05, 0) is 44.0 Å². The lowest BCUT2D eigenvalue weighted by atomic mass is 9.89. The molecule has 20 heavy (non-hydrogen) atoms. The van der Waals surface area contributed by atoms with E-state index in [1.807, 2.05) is 18.3 Å². The lowest BCUT2D eigenvalue weighted by molar-refractivity contribution is 0.268. The molecule has 0 radical (unpaired) electrons. The number of aromatic nitrogens is 1. The van der Waals surface area contributed by atoms with Crippen LogP contribution in [0.25, 0.3) is 5.69 Å². The molecule has 2 aromatic rings. The number of benzene rings is 1. The van der Waals surface area contributed by atoms with E-state index in [0.29, 0.717) is 10.0 Å². The number of nitrogens with one attached hydrogen (secondary N) is 1. The number of halogens is 2. The van der Waals surface area contributed by atoms with Crippen LogP contribution in [0.1, 0.15) is 25.5 Å². The van der Waals surface area contributed by atoms with Crippen LogP contribution in [-0.2, 0) is 5.54 Å². The summed E-state index contributed by atoms with van der Waals surface area (Å²) < 4.78 is 2.10. The van der Waals surface area contributed by atoms with Crippen LogP contribution in [0.3, 0.4) is 0 Å². The standard InChI is InChI=1S/C15H16Cl2N2O/c1-15(5-3-7-20)13-4-2-6-19(13)14-11(17)8-10(16)9-12(14)18-15/h2,4,6,8-9,18,20H,3,5,7H2,1H3. The van der Waals surface area contributed by atoms with Gasteiger partial charge in [-0.2, -0.15) is 0 Å². The zero-order valence-electron chi connectivity index (χ0n) is 11.2. The maximum absolute atomic E-state index is 9.12. The Balaban J connectivity index is 2.16. The second-order valence-corrected chi connectivity index (χ2v) is 6.18. The van der Waals surface area contributed by atoms with Crippen molar-refractivity contribution < 1.29 is 5.11 Å². The van der Waals surface area contributed by atoms with Gasteiger partial charge in [-0.25, -0.2) is 0 Å². The number of hydrogen-bond donors (Lipinski definition) is 2. The van der Waals surface area contributed by atoms with Crippen LogP contribution in [0.2, 0.25) is 10.0 Å². The van der Waals surface area contributed by atoms with E-state index in [0.717, 1.165) is 29.9 Å². The molecule has 2 N–H and O–H groups in total. The van der Waals surface area contributed by atoms with Crippen molar-refractivity contribution in [2.24, 2.45) is 0 Å². The van der Waals surface area contributed by atoms with Gasteiger partial charge in [-0.1, -0.05) is 23.2 Å². The third-order valence-electron chi connectivity index (χ3n) is 3.83. The average molecular weight is 311 g/mol. The van der Waals surface area contributed by atoms with Gasteiger partial charge in [0.05, 0.1) is 21.9 Å². The van der Waals surface area contributed by atoms with E-state index in [-0.39, 0.29) is 12.1 Å². The molecule has 0 aliphatic carbocycles. The predicted molar refractivity (Wildman–Crippen MR) is 83.1 cm³/mol. The fourth-order valence-corrected chi connectivity index (χ4v) is 3.50. The van der Waals surface area contributed by atoms with Gasteiger partial charge in [0.2, 0.25) is 0 Å². The summed E-state index contributed by atoms with van der Waals surface area (Å²) in [6, 6.07) is 7.74. The molecule has 1 aromatic heterocycles. The van der Waals surface area contributed by atoms with Gasteiger partial charge in [0.1, 0.15) is 0 Å². The van der Waals surface area contributed by atoms with E-state index < -0.39 is 0 Å². The summed E-state index contributed by atoms with van der Waals surface area (Å²) in [5, 5.41) is 13.9. The molecule has 1 aliphatic heterocycles. The highest BCUT2D eigenvalue weighted by Crippen LogP contribution is 2.43. The lowest BCUT2D eigenvalue weighted by Gasteiger charge is -2.39. The van der Waals surface area contributed by atoms with Crippen molar-refractivity contribution in [1.29, 1.82) is 0 Å². The van der Waals surface area contributed by atoms with Crippen molar-refractivity contribution in [2.75, 3.05) is 11.9 Å². The minimum atomic E-state index is -0.243. The summed E-state index contributed by atoms with van der Waals surface area (Å²) in [6.45, 7) is 2.31. The third-order valence-corrected chi connectivity index (χ3v) is 4.33. The molecule has 0 saturated carbocycles. The first kappa shape index (κ1) is 13.8. The summed E-state index contributed by atoms with van der Waals surface area (Å²) in [6.07, 6.45) is 3.57. The van der Waals surface area contributed by atoms with Crippen LogP contribution >= 0.6 is 23.2 Å². The fourth-order valence-electron chi connectivity index (χ4n) is 2.92. The predicted octanol–water partition coefficient (Wildman–Crippen LogP) is 4.20. The Hall–Kier alpha value is -1.16. The number of anilines is 1.